The average molecular weight is 266 g/mol. The number of rotatable bonds is 6. The smallest absolute Gasteiger partial charge is 0.122 e. The molecule has 0 spiro atoms. The molecule has 0 radical (unpaired) electrons. The number of allylic oxidation sites excluding steroid dienone is 2. The van der Waals surface area contributed by atoms with E-state index in [1.54, 1.807) is 0 Å². The van der Waals surface area contributed by atoms with Crippen LogP contribution in [0.5, 0.6) is 0 Å². The monoisotopic (exact) mass is 266 g/mol. The molecule has 1 N–H and O–H groups in total. The first-order valence-corrected chi connectivity index (χ1v) is 7.19. The molecular weight excluding hydrogens is 244 g/mol. The zero-order valence-electron chi connectivity index (χ0n) is 12.3. The Bertz CT molecular complexity index is 567. The van der Waals surface area contributed by atoms with Crippen LogP contribution in [0.15, 0.2) is 58.5 Å². The van der Waals surface area contributed by atoms with E-state index in [0.29, 0.717) is 0 Å². The Hall–Kier alpha value is -2.05. The molecule has 0 bridgehead atoms. The van der Waals surface area contributed by atoms with Gasteiger partial charge in [-0.05, 0) is 56.4 Å². The summed E-state index contributed by atoms with van der Waals surface area (Å²) in [5.74, 6) is 0.924. The van der Waals surface area contributed by atoms with Gasteiger partial charge in [-0.25, -0.2) is 4.99 Å². The summed E-state index contributed by atoms with van der Waals surface area (Å²) in [5, 5.41) is 3.38. The highest BCUT2D eigenvalue weighted by Crippen LogP contribution is 2.25. The number of nitrogens with one attached hydrogen (secondary N) is 1. The number of benzene rings is 1. The molecular formula is C18H22N2. The molecule has 20 heavy (non-hydrogen) atoms. The summed E-state index contributed by atoms with van der Waals surface area (Å²) in [6.07, 6.45) is 9.33. The molecule has 1 saturated carbocycles. The summed E-state index contributed by atoms with van der Waals surface area (Å²) < 4.78 is 0. The van der Waals surface area contributed by atoms with E-state index in [1.807, 2.05) is 13.1 Å². The molecule has 0 unspecified atom stereocenters. The van der Waals surface area contributed by atoms with Crippen LogP contribution in [0, 0.1) is 6.92 Å². The minimum atomic E-state index is 0.801. The minimum Gasteiger partial charge on any atom is -0.366 e. The van der Waals surface area contributed by atoms with Crippen molar-refractivity contribution in [1.82, 2.24) is 5.32 Å². The zero-order chi connectivity index (χ0) is 14.2. The Morgan fingerprint density at radius 1 is 1.40 bits per heavy atom. The van der Waals surface area contributed by atoms with Gasteiger partial charge in [0.05, 0.1) is 0 Å². The molecule has 1 aromatic rings. The standard InChI is InChI=1S/C18H22N2/c1-3-19-18(10-5-4-8-16-11-12-16)20-14-17-9-6-7-15(2)13-17/h3-4,6-7,9-10,13,20H,5,11-12,14H2,1-2H3/b18-10+,19-3-. The molecule has 2 rings (SSSR count). The fourth-order valence-corrected chi connectivity index (χ4v) is 1.90. The van der Waals surface area contributed by atoms with Crippen molar-refractivity contribution in [3.8, 4) is 0 Å². The first-order valence-electron chi connectivity index (χ1n) is 7.19. The van der Waals surface area contributed by atoms with Crippen molar-refractivity contribution in [2.75, 3.05) is 0 Å². The molecule has 0 aliphatic heterocycles. The van der Waals surface area contributed by atoms with Crippen LogP contribution in [0.3, 0.4) is 0 Å². The Labute approximate surface area is 121 Å². The number of hydrogen-bond donors (Lipinski definition) is 1. The van der Waals surface area contributed by atoms with Crippen LogP contribution in [0.2, 0.25) is 0 Å². The van der Waals surface area contributed by atoms with E-state index < -0.39 is 0 Å². The second-order valence-electron chi connectivity index (χ2n) is 5.01. The topological polar surface area (TPSA) is 24.4 Å². The molecule has 1 aromatic carbocycles. The fraction of sp³-hybridized carbons (Fsp3) is 0.333. The quantitative estimate of drug-likeness (QED) is 0.603. The summed E-state index contributed by atoms with van der Waals surface area (Å²) in [6, 6.07) is 8.52. The number of aryl methyl sites for hydroxylation is 1. The third kappa shape index (κ3) is 5.29. The summed E-state index contributed by atoms with van der Waals surface area (Å²) in [6.45, 7) is 4.85. The van der Waals surface area contributed by atoms with Crippen LogP contribution in [0.4, 0.5) is 0 Å². The maximum absolute atomic E-state index is 4.36. The van der Waals surface area contributed by atoms with Gasteiger partial charge in [-0.15, -0.1) is 5.73 Å². The lowest BCUT2D eigenvalue weighted by Gasteiger charge is -2.07. The van der Waals surface area contributed by atoms with E-state index in [4.69, 9.17) is 0 Å². The lowest BCUT2D eigenvalue weighted by atomic mass is 10.1. The van der Waals surface area contributed by atoms with E-state index in [0.717, 1.165) is 18.8 Å². The number of nitrogens with zero attached hydrogens (tertiary/aromatic N) is 1. The van der Waals surface area contributed by atoms with Gasteiger partial charge >= 0.3 is 0 Å². The third-order valence-electron chi connectivity index (χ3n) is 3.06. The highest BCUT2D eigenvalue weighted by molar-refractivity contribution is 5.55. The largest absolute Gasteiger partial charge is 0.366 e. The van der Waals surface area contributed by atoms with Crippen LogP contribution in [0.25, 0.3) is 0 Å². The van der Waals surface area contributed by atoms with Crippen molar-refractivity contribution in [1.29, 1.82) is 0 Å². The van der Waals surface area contributed by atoms with E-state index in [1.165, 1.54) is 29.5 Å². The molecule has 0 heterocycles. The van der Waals surface area contributed by atoms with Gasteiger partial charge < -0.3 is 5.32 Å². The molecule has 0 aromatic heterocycles. The predicted octanol–water partition coefficient (Wildman–Crippen LogP) is 4.28. The first-order chi connectivity index (χ1) is 9.78. The Kier molecular flexibility index (Phi) is 5.40. The van der Waals surface area contributed by atoms with Gasteiger partial charge in [0, 0.05) is 12.8 Å². The molecule has 104 valence electrons. The van der Waals surface area contributed by atoms with Crippen LogP contribution < -0.4 is 5.32 Å². The molecule has 0 saturated heterocycles. The van der Waals surface area contributed by atoms with Crippen molar-refractivity contribution in [3.05, 3.63) is 64.7 Å². The Morgan fingerprint density at radius 2 is 2.25 bits per heavy atom. The van der Waals surface area contributed by atoms with Crippen molar-refractivity contribution in [2.24, 2.45) is 4.99 Å². The Morgan fingerprint density at radius 3 is 2.95 bits per heavy atom. The van der Waals surface area contributed by atoms with Crippen molar-refractivity contribution in [2.45, 2.75) is 39.7 Å². The molecule has 1 fully saturated rings. The second-order valence-corrected chi connectivity index (χ2v) is 5.01. The number of aliphatic imine (C=N–C) groups is 1. The van der Waals surface area contributed by atoms with Crippen LogP contribution in [-0.4, -0.2) is 6.21 Å². The van der Waals surface area contributed by atoms with Crippen molar-refractivity contribution in [3.63, 3.8) is 0 Å². The first kappa shape index (κ1) is 14.4. The molecule has 1 aliphatic carbocycles. The van der Waals surface area contributed by atoms with Crippen molar-refractivity contribution < 1.29 is 0 Å². The van der Waals surface area contributed by atoms with E-state index in [-0.39, 0.29) is 0 Å². The lowest BCUT2D eigenvalue weighted by molar-refractivity contribution is 0.795. The minimum absolute atomic E-state index is 0.801. The van der Waals surface area contributed by atoms with Gasteiger partial charge in [0.15, 0.2) is 0 Å². The van der Waals surface area contributed by atoms with Gasteiger partial charge in [0.25, 0.3) is 0 Å². The molecule has 1 aliphatic rings. The Balaban J connectivity index is 1.91. The van der Waals surface area contributed by atoms with Crippen molar-refractivity contribution >= 4 is 6.21 Å². The molecule has 0 amide bonds. The van der Waals surface area contributed by atoms with Crippen LogP contribution >= 0.6 is 0 Å². The van der Waals surface area contributed by atoms with E-state index in [9.17, 15) is 0 Å². The van der Waals surface area contributed by atoms with Gasteiger partial charge in [-0.2, -0.15) is 0 Å². The average Bonchev–Trinajstić information content (AvgIpc) is 3.25. The molecule has 2 heteroatoms. The fourth-order valence-electron chi connectivity index (χ4n) is 1.90. The molecule has 2 nitrogen and oxygen atoms in total. The highest BCUT2D eigenvalue weighted by Gasteiger charge is 2.08. The van der Waals surface area contributed by atoms with Gasteiger partial charge in [0.2, 0.25) is 0 Å². The number of hydrogen-bond acceptors (Lipinski definition) is 2. The van der Waals surface area contributed by atoms with Gasteiger partial charge in [0.1, 0.15) is 5.82 Å². The summed E-state index contributed by atoms with van der Waals surface area (Å²) >= 11 is 0. The maximum atomic E-state index is 4.36. The summed E-state index contributed by atoms with van der Waals surface area (Å²) in [4.78, 5) is 4.36. The molecule has 0 atom stereocenters. The normalized spacial score (nSPS) is 14.3. The SMILES string of the molecule is C/C=N\C(=C/CC=C=C1CC1)NCc1cccc(C)c1. The summed E-state index contributed by atoms with van der Waals surface area (Å²) in [7, 11) is 0. The maximum Gasteiger partial charge on any atom is 0.122 e. The summed E-state index contributed by atoms with van der Waals surface area (Å²) in [5.41, 5.74) is 7.30. The van der Waals surface area contributed by atoms with Crippen LogP contribution in [-0.2, 0) is 6.54 Å². The highest BCUT2D eigenvalue weighted by atomic mass is 15.0. The predicted molar refractivity (Wildman–Crippen MR) is 85.7 cm³/mol. The van der Waals surface area contributed by atoms with Gasteiger partial charge in [-0.1, -0.05) is 29.8 Å². The third-order valence-corrected chi connectivity index (χ3v) is 3.06. The zero-order valence-corrected chi connectivity index (χ0v) is 12.3. The van der Waals surface area contributed by atoms with E-state index >= 15 is 0 Å². The van der Waals surface area contributed by atoms with Crippen LogP contribution in [0.1, 0.15) is 37.3 Å². The van der Waals surface area contributed by atoms with E-state index in [2.05, 4.69) is 59.4 Å². The second kappa shape index (κ2) is 7.52. The lowest BCUT2D eigenvalue weighted by Crippen LogP contribution is -2.11. The van der Waals surface area contributed by atoms with Gasteiger partial charge in [-0.3, -0.25) is 0 Å².